The first kappa shape index (κ1) is 14.5. The van der Waals surface area contributed by atoms with E-state index >= 15 is 0 Å². The van der Waals surface area contributed by atoms with Gasteiger partial charge in [-0.15, -0.1) is 0 Å². The minimum Gasteiger partial charge on any atom is -0.377 e. The Bertz CT molecular complexity index is 348. The van der Waals surface area contributed by atoms with Crippen molar-refractivity contribution in [3.8, 4) is 0 Å². The highest BCUT2D eigenvalue weighted by Crippen LogP contribution is 2.08. The van der Waals surface area contributed by atoms with Gasteiger partial charge in [0, 0.05) is 19.7 Å². The number of nitrogens with one attached hydrogen (secondary N) is 1. The van der Waals surface area contributed by atoms with Gasteiger partial charge in [0.2, 0.25) is 0 Å². The maximum absolute atomic E-state index is 5.13. The molecule has 0 amide bonds. The van der Waals surface area contributed by atoms with Gasteiger partial charge >= 0.3 is 0 Å². The molecule has 0 radical (unpaired) electrons. The summed E-state index contributed by atoms with van der Waals surface area (Å²) in [5.41, 5.74) is 0.949. The summed E-state index contributed by atoms with van der Waals surface area (Å²) in [5.74, 6) is 0.785. The van der Waals surface area contributed by atoms with Crippen LogP contribution >= 0.6 is 0 Å². The first-order valence-corrected chi connectivity index (χ1v) is 7.25. The molecule has 108 valence electrons. The Labute approximate surface area is 115 Å². The standard InChI is InChI=1S/C14H25N3O2/c1-18-12-14-10-13(16-19-14)11-15-6-5-9-17-7-3-2-4-8-17/h10,15H,2-9,11-12H2,1H3. The molecule has 1 fully saturated rings. The van der Waals surface area contributed by atoms with Gasteiger partial charge in [-0.3, -0.25) is 0 Å². The smallest absolute Gasteiger partial charge is 0.162 e. The zero-order valence-corrected chi connectivity index (χ0v) is 11.9. The molecule has 0 bridgehead atoms. The van der Waals surface area contributed by atoms with Crippen molar-refractivity contribution in [3.05, 3.63) is 17.5 Å². The zero-order valence-electron chi connectivity index (χ0n) is 11.9. The summed E-state index contributed by atoms with van der Waals surface area (Å²) in [6, 6.07) is 1.95. The summed E-state index contributed by atoms with van der Waals surface area (Å²) in [7, 11) is 1.65. The second-order valence-corrected chi connectivity index (χ2v) is 5.15. The number of methoxy groups -OCH3 is 1. The van der Waals surface area contributed by atoms with Gasteiger partial charge in [0.1, 0.15) is 6.61 Å². The Morgan fingerprint density at radius 1 is 1.37 bits per heavy atom. The molecule has 1 aliphatic rings. The molecule has 19 heavy (non-hydrogen) atoms. The van der Waals surface area contributed by atoms with Crippen LogP contribution in [0.3, 0.4) is 0 Å². The van der Waals surface area contributed by atoms with Crippen LogP contribution in [0, 0.1) is 0 Å². The number of aromatic nitrogens is 1. The van der Waals surface area contributed by atoms with Crippen molar-refractivity contribution in [2.45, 2.75) is 38.8 Å². The number of nitrogens with zero attached hydrogens (tertiary/aromatic N) is 2. The van der Waals surface area contributed by atoms with E-state index < -0.39 is 0 Å². The molecule has 2 rings (SSSR count). The monoisotopic (exact) mass is 267 g/mol. The second-order valence-electron chi connectivity index (χ2n) is 5.15. The number of ether oxygens (including phenoxy) is 1. The molecule has 1 aromatic heterocycles. The fourth-order valence-electron chi connectivity index (χ4n) is 2.48. The highest BCUT2D eigenvalue weighted by molar-refractivity contribution is 5.04. The average molecular weight is 267 g/mol. The van der Waals surface area contributed by atoms with Crippen LogP contribution in [0.25, 0.3) is 0 Å². The van der Waals surface area contributed by atoms with Crippen molar-refractivity contribution in [2.75, 3.05) is 33.3 Å². The molecule has 1 aromatic rings. The number of likely N-dealkylation sites (tertiary alicyclic amines) is 1. The molecule has 1 saturated heterocycles. The van der Waals surface area contributed by atoms with Crippen molar-refractivity contribution in [1.82, 2.24) is 15.4 Å². The summed E-state index contributed by atoms with van der Waals surface area (Å²) in [5, 5.41) is 7.40. The molecular formula is C14H25N3O2. The highest BCUT2D eigenvalue weighted by atomic mass is 16.5. The number of hydrogen-bond acceptors (Lipinski definition) is 5. The maximum Gasteiger partial charge on any atom is 0.162 e. The Kier molecular flexibility index (Phi) is 6.33. The lowest BCUT2D eigenvalue weighted by Crippen LogP contribution is -2.32. The van der Waals surface area contributed by atoms with E-state index in [1.165, 1.54) is 45.3 Å². The lowest BCUT2D eigenvalue weighted by molar-refractivity contribution is 0.155. The van der Waals surface area contributed by atoms with Crippen LogP contribution < -0.4 is 5.32 Å². The van der Waals surface area contributed by atoms with E-state index in [1.807, 2.05) is 6.07 Å². The molecule has 5 nitrogen and oxygen atoms in total. The fourth-order valence-corrected chi connectivity index (χ4v) is 2.48. The highest BCUT2D eigenvalue weighted by Gasteiger charge is 2.09. The van der Waals surface area contributed by atoms with E-state index in [-0.39, 0.29) is 0 Å². The zero-order chi connectivity index (χ0) is 13.3. The topological polar surface area (TPSA) is 50.5 Å². The van der Waals surface area contributed by atoms with Gasteiger partial charge in [-0.2, -0.15) is 0 Å². The minimum atomic E-state index is 0.488. The van der Waals surface area contributed by atoms with Crippen molar-refractivity contribution in [3.63, 3.8) is 0 Å². The first-order chi connectivity index (χ1) is 9.38. The fraction of sp³-hybridized carbons (Fsp3) is 0.786. The van der Waals surface area contributed by atoms with E-state index in [9.17, 15) is 0 Å². The third-order valence-corrected chi connectivity index (χ3v) is 3.48. The van der Waals surface area contributed by atoms with E-state index in [2.05, 4.69) is 15.4 Å². The van der Waals surface area contributed by atoms with Gasteiger partial charge in [0.15, 0.2) is 5.76 Å². The predicted octanol–water partition coefficient (Wildman–Crippen LogP) is 1.79. The van der Waals surface area contributed by atoms with Gasteiger partial charge in [-0.05, 0) is 45.4 Å². The Morgan fingerprint density at radius 2 is 2.21 bits per heavy atom. The summed E-state index contributed by atoms with van der Waals surface area (Å²) in [4.78, 5) is 2.57. The van der Waals surface area contributed by atoms with Crippen molar-refractivity contribution >= 4 is 0 Å². The molecule has 0 spiro atoms. The van der Waals surface area contributed by atoms with Gasteiger partial charge in [0.25, 0.3) is 0 Å². The van der Waals surface area contributed by atoms with Gasteiger partial charge < -0.3 is 19.5 Å². The largest absolute Gasteiger partial charge is 0.377 e. The molecular weight excluding hydrogens is 242 g/mol. The molecule has 1 N–H and O–H groups in total. The van der Waals surface area contributed by atoms with E-state index in [0.29, 0.717) is 6.61 Å². The lowest BCUT2D eigenvalue weighted by atomic mass is 10.1. The molecule has 0 unspecified atom stereocenters. The molecule has 0 atom stereocenters. The third-order valence-electron chi connectivity index (χ3n) is 3.48. The van der Waals surface area contributed by atoms with Gasteiger partial charge in [-0.25, -0.2) is 0 Å². The average Bonchev–Trinajstić information content (AvgIpc) is 2.88. The Balaban J connectivity index is 1.53. The molecule has 2 heterocycles. The quantitative estimate of drug-likeness (QED) is 0.728. The van der Waals surface area contributed by atoms with Crippen LogP contribution in [0.2, 0.25) is 0 Å². The van der Waals surface area contributed by atoms with Gasteiger partial charge in [0.05, 0.1) is 5.69 Å². The molecule has 1 aliphatic heterocycles. The van der Waals surface area contributed by atoms with Crippen LogP contribution in [0.4, 0.5) is 0 Å². The van der Waals surface area contributed by atoms with Crippen molar-refractivity contribution in [2.24, 2.45) is 0 Å². The summed E-state index contributed by atoms with van der Waals surface area (Å²) < 4.78 is 10.1. The number of rotatable bonds is 8. The third kappa shape index (κ3) is 5.30. The van der Waals surface area contributed by atoms with E-state index in [4.69, 9.17) is 9.26 Å². The number of hydrogen-bond donors (Lipinski definition) is 1. The summed E-state index contributed by atoms with van der Waals surface area (Å²) in [6.45, 7) is 6.06. The summed E-state index contributed by atoms with van der Waals surface area (Å²) >= 11 is 0. The van der Waals surface area contributed by atoms with E-state index in [1.54, 1.807) is 7.11 Å². The predicted molar refractivity (Wildman–Crippen MR) is 73.8 cm³/mol. The SMILES string of the molecule is COCc1cc(CNCCCN2CCCCC2)no1. The Morgan fingerprint density at radius 3 is 3.00 bits per heavy atom. The van der Waals surface area contributed by atoms with Crippen LogP contribution in [0.15, 0.2) is 10.6 Å². The lowest BCUT2D eigenvalue weighted by Gasteiger charge is -2.26. The second kappa shape index (κ2) is 8.30. The van der Waals surface area contributed by atoms with Crippen molar-refractivity contribution < 1.29 is 9.26 Å². The Hall–Kier alpha value is -0.910. The first-order valence-electron chi connectivity index (χ1n) is 7.25. The van der Waals surface area contributed by atoms with E-state index in [0.717, 1.165) is 24.5 Å². The van der Waals surface area contributed by atoms with Crippen molar-refractivity contribution in [1.29, 1.82) is 0 Å². The molecule has 0 aromatic carbocycles. The summed E-state index contributed by atoms with van der Waals surface area (Å²) in [6.07, 6.45) is 5.34. The minimum absolute atomic E-state index is 0.488. The molecule has 0 saturated carbocycles. The molecule has 0 aliphatic carbocycles. The van der Waals surface area contributed by atoms with Crippen LogP contribution in [-0.2, 0) is 17.9 Å². The normalized spacial score (nSPS) is 16.9. The van der Waals surface area contributed by atoms with Crippen LogP contribution in [0.5, 0.6) is 0 Å². The maximum atomic E-state index is 5.13. The number of piperidine rings is 1. The van der Waals surface area contributed by atoms with Crippen LogP contribution in [-0.4, -0.2) is 43.3 Å². The van der Waals surface area contributed by atoms with Gasteiger partial charge in [-0.1, -0.05) is 11.6 Å². The van der Waals surface area contributed by atoms with Crippen LogP contribution in [0.1, 0.15) is 37.1 Å². The molecule has 5 heteroatoms.